The molecule has 4 aromatic rings. The third kappa shape index (κ3) is 3.46. The SMILES string of the molecule is FC(F)(F)c1nc(Sc2nnc(C3CC3)n2-c2ccccc2)c2ccccc2n1. The van der Waals surface area contributed by atoms with Crippen LogP contribution in [0, 0.1) is 0 Å². The van der Waals surface area contributed by atoms with Crippen molar-refractivity contribution in [3.8, 4) is 5.69 Å². The van der Waals surface area contributed by atoms with Crippen molar-refractivity contribution in [3.63, 3.8) is 0 Å². The largest absolute Gasteiger partial charge is 0.451 e. The lowest BCUT2D eigenvalue weighted by Crippen LogP contribution is -2.12. The van der Waals surface area contributed by atoms with E-state index in [0.29, 0.717) is 16.5 Å². The van der Waals surface area contributed by atoms with Crippen molar-refractivity contribution < 1.29 is 13.2 Å². The molecular formula is C20H14F3N5S. The minimum atomic E-state index is -4.63. The maximum atomic E-state index is 13.3. The second kappa shape index (κ2) is 6.84. The van der Waals surface area contributed by atoms with E-state index < -0.39 is 12.0 Å². The summed E-state index contributed by atoms with van der Waals surface area (Å²) in [6, 6.07) is 16.2. The maximum absolute atomic E-state index is 13.3. The summed E-state index contributed by atoms with van der Waals surface area (Å²) in [6.07, 6.45) is -2.57. The lowest BCUT2D eigenvalue weighted by atomic mass is 10.2. The van der Waals surface area contributed by atoms with Gasteiger partial charge in [-0.2, -0.15) is 13.2 Å². The molecule has 1 aliphatic rings. The van der Waals surface area contributed by atoms with Gasteiger partial charge in [0.1, 0.15) is 10.9 Å². The zero-order valence-corrected chi connectivity index (χ0v) is 15.8. The summed E-state index contributed by atoms with van der Waals surface area (Å²) in [6.45, 7) is 0. The molecule has 0 atom stereocenters. The molecule has 0 aliphatic heterocycles. The number of hydrogen-bond donors (Lipinski definition) is 0. The van der Waals surface area contributed by atoms with Crippen LogP contribution in [0.25, 0.3) is 16.6 Å². The van der Waals surface area contributed by atoms with Gasteiger partial charge in [-0.15, -0.1) is 10.2 Å². The number of benzene rings is 2. The van der Waals surface area contributed by atoms with Gasteiger partial charge in [0.2, 0.25) is 11.0 Å². The van der Waals surface area contributed by atoms with Crippen LogP contribution in [0.3, 0.4) is 0 Å². The number of hydrogen-bond acceptors (Lipinski definition) is 5. The Labute approximate surface area is 168 Å². The summed E-state index contributed by atoms with van der Waals surface area (Å²) < 4.78 is 41.9. The highest BCUT2D eigenvalue weighted by molar-refractivity contribution is 7.99. The van der Waals surface area contributed by atoms with Crippen molar-refractivity contribution in [2.24, 2.45) is 0 Å². The molecule has 0 unspecified atom stereocenters. The molecular weight excluding hydrogens is 399 g/mol. The molecule has 9 heteroatoms. The van der Waals surface area contributed by atoms with Gasteiger partial charge in [-0.3, -0.25) is 4.57 Å². The zero-order valence-electron chi connectivity index (χ0n) is 15.0. The van der Waals surface area contributed by atoms with Gasteiger partial charge in [0, 0.05) is 17.0 Å². The van der Waals surface area contributed by atoms with Crippen LogP contribution in [-0.2, 0) is 6.18 Å². The van der Waals surface area contributed by atoms with Crippen LogP contribution in [0.4, 0.5) is 13.2 Å². The van der Waals surface area contributed by atoms with E-state index in [1.54, 1.807) is 24.3 Å². The number of nitrogens with zero attached hydrogens (tertiary/aromatic N) is 5. The Balaban J connectivity index is 1.65. The molecule has 2 aromatic carbocycles. The van der Waals surface area contributed by atoms with Gasteiger partial charge in [-0.05, 0) is 42.8 Å². The smallest absolute Gasteiger partial charge is 0.273 e. The van der Waals surface area contributed by atoms with E-state index in [4.69, 9.17) is 0 Å². The zero-order chi connectivity index (χ0) is 20.0. The number of halogens is 3. The van der Waals surface area contributed by atoms with Crippen LogP contribution in [0.2, 0.25) is 0 Å². The fourth-order valence-electron chi connectivity index (χ4n) is 3.11. The average Bonchev–Trinajstić information content (AvgIpc) is 3.48. The Bertz CT molecular complexity index is 1190. The minimum absolute atomic E-state index is 0.204. The number of aromatic nitrogens is 5. The first-order valence-corrected chi connectivity index (χ1v) is 9.85. The van der Waals surface area contributed by atoms with Crippen molar-refractivity contribution >= 4 is 22.7 Å². The molecule has 0 N–H and O–H groups in total. The Kier molecular flexibility index (Phi) is 4.27. The Hall–Kier alpha value is -2.94. The molecule has 1 fully saturated rings. The molecule has 1 aliphatic carbocycles. The van der Waals surface area contributed by atoms with Gasteiger partial charge in [0.25, 0.3) is 0 Å². The van der Waals surface area contributed by atoms with Gasteiger partial charge < -0.3 is 0 Å². The maximum Gasteiger partial charge on any atom is 0.451 e. The van der Waals surface area contributed by atoms with Gasteiger partial charge in [-0.25, -0.2) is 9.97 Å². The molecule has 0 saturated heterocycles. The fourth-order valence-corrected chi connectivity index (χ4v) is 4.07. The van der Waals surface area contributed by atoms with E-state index in [1.807, 2.05) is 34.9 Å². The molecule has 2 aromatic heterocycles. The van der Waals surface area contributed by atoms with E-state index in [2.05, 4.69) is 20.2 Å². The number of rotatable bonds is 4. The second-order valence-electron chi connectivity index (χ2n) is 6.76. The molecule has 5 nitrogen and oxygen atoms in total. The van der Waals surface area contributed by atoms with E-state index >= 15 is 0 Å². The molecule has 0 amide bonds. The van der Waals surface area contributed by atoms with Gasteiger partial charge in [0.15, 0.2) is 0 Å². The highest BCUT2D eigenvalue weighted by Crippen LogP contribution is 2.42. The Morgan fingerprint density at radius 1 is 0.897 bits per heavy atom. The van der Waals surface area contributed by atoms with E-state index in [0.717, 1.165) is 36.1 Å². The molecule has 146 valence electrons. The first kappa shape index (κ1) is 18.1. The normalized spacial score (nSPS) is 14.4. The molecule has 1 saturated carbocycles. The van der Waals surface area contributed by atoms with Crippen molar-refractivity contribution in [1.29, 1.82) is 0 Å². The van der Waals surface area contributed by atoms with Crippen LogP contribution in [0.5, 0.6) is 0 Å². The number of para-hydroxylation sites is 2. The Morgan fingerprint density at radius 3 is 2.34 bits per heavy atom. The monoisotopic (exact) mass is 413 g/mol. The summed E-state index contributed by atoms with van der Waals surface area (Å²) >= 11 is 1.07. The highest BCUT2D eigenvalue weighted by atomic mass is 32.2. The standard InChI is InChI=1S/C20H14F3N5S/c21-20(22,23)18-24-15-9-5-4-8-14(15)17(25-18)29-19-27-26-16(12-10-11-12)28(19)13-6-2-1-3-7-13/h1-9,12H,10-11H2. The second-order valence-corrected chi connectivity index (χ2v) is 7.71. The lowest BCUT2D eigenvalue weighted by molar-refractivity contribution is -0.145. The molecule has 2 heterocycles. The van der Waals surface area contributed by atoms with Crippen molar-refractivity contribution in [1.82, 2.24) is 24.7 Å². The molecule has 0 bridgehead atoms. The predicted molar refractivity (Wildman–Crippen MR) is 102 cm³/mol. The number of alkyl halides is 3. The molecule has 5 rings (SSSR count). The number of fused-ring (bicyclic) bond motifs is 1. The summed E-state index contributed by atoms with van der Waals surface area (Å²) in [5, 5.41) is 9.84. The highest BCUT2D eigenvalue weighted by Gasteiger charge is 2.36. The van der Waals surface area contributed by atoms with Crippen LogP contribution < -0.4 is 0 Å². The third-order valence-electron chi connectivity index (χ3n) is 4.63. The minimum Gasteiger partial charge on any atom is -0.273 e. The van der Waals surface area contributed by atoms with Gasteiger partial charge in [-0.1, -0.05) is 36.4 Å². The fraction of sp³-hybridized carbons (Fsp3) is 0.200. The summed E-state index contributed by atoms with van der Waals surface area (Å²) in [5.41, 5.74) is 1.11. The molecule has 29 heavy (non-hydrogen) atoms. The summed E-state index contributed by atoms with van der Waals surface area (Å²) in [4.78, 5) is 7.50. The Morgan fingerprint density at radius 2 is 1.62 bits per heavy atom. The molecule has 0 radical (unpaired) electrons. The van der Waals surface area contributed by atoms with Gasteiger partial charge >= 0.3 is 6.18 Å². The third-order valence-corrected chi connectivity index (χ3v) is 5.58. The van der Waals surface area contributed by atoms with E-state index in [-0.39, 0.29) is 10.5 Å². The van der Waals surface area contributed by atoms with Crippen LogP contribution in [-0.4, -0.2) is 24.7 Å². The van der Waals surface area contributed by atoms with Crippen LogP contribution in [0.15, 0.2) is 64.8 Å². The predicted octanol–water partition coefficient (Wildman–Crippen LogP) is 5.26. The summed E-state index contributed by atoms with van der Waals surface area (Å²) in [5.74, 6) is -0.00932. The average molecular weight is 413 g/mol. The first-order valence-electron chi connectivity index (χ1n) is 9.03. The van der Waals surface area contributed by atoms with E-state index in [9.17, 15) is 13.2 Å². The van der Waals surface area contributed by atoms with Gasteiger partial charge in [0.05, 0.1) is 5.52 Å². The van der Waals surface area contributed by atoms with E-state index in [1.165, 1.54) is 0 Å². The molecule has 0 spiro atoms. The quantitative estimate of drug-likeness (QED) is 0.427. The van der Waals surface area contributed by atoms with Crippen LogP contribution in [0.1, 0.15) is 30.4 Å². The van der Waals surface area contributed by atoms with Crippen molar-refractivity contribution in [3.05, 3.63) is 66.2 Å². The van der Waals surface area contributed by atoms with Crippen molar-refractivity contribution in [2.75, 3.05) is 0 Å². The van der Waals surface area contributed by atoms with Crippen molar-refractivity contribution in [2.45, 2.75) is 35.1 Å². The topological polar surface area (TPSA) is 56.5 Å². The van der Waals surface area contributed by atoms with Crippen LogP contribution >= 0.6 is 11.8 Å². The summed E-state index contributed by atoms with van der Waals surface area (Å²) in [7, 11) is 0. The lowest BCUT2D eigenvalue weighted by Gasteiger charge is -2.12. The first-order chi connectivity index (χ1) is 14.0.